The molecule has 94 valence electrons. The van der Waals surface area contributed by atoms with E-state index < -0.39 is 6.10 Å². The molecule has 0 spiro atoms. The first-order valence-electron chi connectivity index (χ1n) is 5.50. The van der Waals surface area contributed by atoms with Crippen LogP contribution in [0.2, 0.25) is 0 Å². The van der Waals surface area contributed by atoms with Crippen molar-refractivity contribution in [2.24, 2.45) is 0 Å². The topological polar surface area (TPSA) is 77.0 Å². The van der Waals surface area contributed by atoms with Gasteiger partial charge in [0.1, 0.15) is 0 Å². The van der Waals surface area contributed by atoms with Gasteiger partial charge in [0.25, 0.3) is 5.91 Å². The standard InChI is InChI=1S/C10H19NO5/c12-3-5-14-4-1-2-11-10(13)9-8-15-6-7-16-9/h9,12H,1-8H2,(H,11,13). The average Bonchev–Trinajstić information content (AvgIpc) is 2.34. The molecule has 0 radical (unpaired) electrons. The third-order valence-electron chi connectivity index (χ3n) is 2.11. The molecule has 1 unspecified atom stereocenters. The summed E-state index contributed by atoms with van der Waals surface area (Å²) in [4.78, 5) is 11.5. The molecule has 1 atom stereocenters. The SMILES string of the molecule is O=C(NCCCOCCO)C1COCCO1. The second-order valence-electron chi connectivity index (χ2n) is 3.41. The average molecular weight is 233 g/mol. The molecule has 0 aliphatic carbocycles. The van der Waals surface area contributed by atoms with E-state index in [2.05, 4.69) is 5.32 Å². The molecule has 0 saturated carbocycles. The van der Waals surface area contributed by atoms with Crippen molar-refractivity contribution in [3.05, 3.63) is 0 Å². The van der Waals surface area contributed by atoms with Crippen molar-refractivity contribution in [1.29, 1.82) is 0 Å². The minimum Gasteiger partial charge on any atom is -0.394 e. The van der Waals surface area contributed by atoms with Gasteiger partial charge in [0.15, 0.2) is 6.10 Å². The van der Waals surface area contributed by atoms with Crippen LogP contribution in [0.15, 0.2) is 0 Å². The Labute approximate surface area is 94.9 Å². The van der Waals surface area contributed by atoms with E-state index in [1.807, 2.05) is 0 Å². The lowest BCUT2D eigenvalue weighted by Gasteiger charge is -2.21. The lowest BCUT2D eigenvalue weighted by molar-refractivity contribution is -0.147. The largest absolute Gasteiger partial charge is 0.394 e. The molecule has 6 heteroatoms. The number of ether oxygens (including phenoxy) is 3. The van der Waals surface area contributed by atoms with Gasteiger partial charge in [0.05, 0.1) is 33.0 Å². The van der Waals surface area contributed by atoms with Crippen LogP contribution < -0.4 is 5.32 Å². The van der Waals surface area contributed by atoms with Crippen LogP contribution in [0.3, 0.4) is 0 Å². The van der Waals surface area contributed by atoms with Crippen molar-refractivity contribution in [3.8, 4) is 0 Å². The number of hydrogen-bond acceptors (Lipinski definition) is 5. The van der Waals surface area contributed by atoms with Crippen LogP contribution in [0, 0.1) is 0 Å². The zero-order chi connectivity index (χ0) is 11.6. The molecule has 0 aromatic heterocycles. The Kier molecular flexibility index (Phi) is 7.07. The molecule has 1 rings (SSSR count). The molecule has 2 N–H and O–H groups in total. The summed E-state index contributed by atoms with van der Waals surface area (Å²) >= 11 is 0. The van der Waals surface area contributed by atoms with Gasteiger partial charge in [-0.3, -0.25) is 4.79 Å². The fourth-order valence-electron chi connectivity index (χ4n) is 1.31. The van der Waals surface area contributed by atoms with Gasteiger partial charge in [-0.1, -0.05) is 0 Å². The van der Waals surface area contributed by atoms with E-state index in [0.717, 1.165) is 6.42 Å². The number of hydrogen-bond donors (Lipinski definition) is 2. The molecule has 16 heavy (non-hydrogen) atoms. The Bertz CT molecular complexity index is 194. The van der Waals surface area contributed by atoms with Gasteiger partial charge in [-0.15, -0.1) is 0 Å². The highest BCUT2D eigenvalue weighted by molar-refractivity contribution is 5.80. The minimum atomic E-state index is -0.480. The second-order valence-corrected chi connectivity index (χ2v) is 3.41. The maximum absolute atomic E-state index is 11.5. The summed E-state index contributed by atoms with van der Waals surface area (Å²) in [6, 6.07) is 0. The van der Waals surface area contributed by atoms with Crippen LogP contribution in [-0.4, -0.2) is 63.3 Å². The van der Waals surface area contributed by atoms with Crippen LogP contribution >= 0.6 is 0 Å². The molecule has 1 aliphatic heterocycles. The summed E-state index contributed by atoms with van der Waals surface area (Å²) in [6.07, 6.45) is 0.242. The quantitative estimate of drug-likeness (QED) is 0.547. The van der Waals surface area contributed by atoms with Crippen molar-refractivity contribution >= 4 is 5.91 Å². The number of carbonyl (C=O) groups is 1. The number of carbonyl (C=O) groups excluding carboxylic acids is 1. The van der Waals surface area contributed by atoms with E-state index in [4.69, 9.17) is 19.3 Å². The highest BCUT2D eigenvalue weighted by Crippen LogP contribution is 2.00. The molecular weight excluding hydrogens is 214 g/mol. The number of nitrogens with one attached hydrogen (secondary N) is 1. The van der Waals surface area contributed by atoms with Crippen molar-refractivity contribution < 1.29 is 24.1 Å². The molecule has 1 heterocycles. The van der Waals surface area contributed by atoms with Gasteiger partial charge < -0.3 is 24.6 Å². The third-order valence-corrected chi connectivity index (χ3v) is 2.11. The van der Waals surface area contributed by atoms with Crippen LogP contribution in [-0.2, 0) is 19.0 Å². The number of aliphatic hydroxyl groups is 1. The van der Waals surface area contributed by atoms with E-state index in [0.29, 0.717) is 39.6 Å². The van der Waals surface area contributed by atoms with Gasteiger partial charge in [-0.05, 0) is 6.42 Å². The zero-order valence-electron chi connectivity index (χ0n) is 9.31. The molecule has 0 aromatic rings. The summed E-state index contributed by atoms with van der Waals surface area (Å²) in [5.41, 5.74) is 0. The predicted octanol–water partition coefficient (Wildman–Crippen LogP) is -1.08. The molecule has 1 aliphatic rings. The van der Waals surface area contributed by atoms with Gasteiger partial charge in [-0.2, -0.15) is 0 Å². The molecule has 6 nitrogen and oxygen atoms in total. The number of aliphatic hydroxyl groups excluding tert-OH is 1. The Morgan fingerprint density at radius 3 is 3.00 bits per heavy atom. The first-order chi connectivity index (χ1) is 7.84. The fraction of sp³-hybridized carbons (Fsp3) is 0.900. The van der Waals surface area contributed by atoms with E-state index in [1.165, 1.54) is 0 Å². The highest BCUT2D eigenvalue weighted by atomic mass is 16.6. The first-order valence-corrected chi connectivity index (χ1v) is 5.50. The van der Waals surface area contributed by atoms with E-state index in [-0.39, 0.29) is 12.5 Å². The Balaban J connectivity index is 1.97. The molecule has 1 saturated heterocycles. The van der Waals surface area contributed by atoms with Crippen molar-refractivity contribution in [2.45, 2.75) is 12.5 Å². The summed E-state index contributed by atoms with van der Waals surface area (Å²) < 4.78 is 15.4. The van der Waals surface area contributed by atoms with Crippen LogP contribution in [0.4, 0.5) is 0 Å². The maximum atomic E-state index is 11.5. The smallest absolute Gasteiger partial charge is 0.251 e. The van der Waals surface area contributed by atoms with Gasteiger partial charge in [-0.25, -0.2) is 0 Å². The summed E-state index contributed by atoms with van der Waals surface area (Å²) in [6.45, 7) is 2.80. The Morgan fingerprint density at radius 1 is 1.44 bits per heavy atom. The van der Waals surface area contributed by atoms with E-state index >= 15 is 0 Å². The Morgan fingerprint density at radius 2 is 2.31 bits per heavy atom. The van der Waals surface area contributed by atoms with E-state index in [1.54, 1.807) is 0 Å². The molecule has 0 bridgehead atoms. The lowest BCUT2D eigenvalue weighted by Crippen LogP contribution is -2.43. The molecular formula is C10H19NO5. The van der Waals surface area contributed by atoms with Crippen LogP contribution in [0.25, 0.3) is 0 Å². The first kappa shape index (κ1) is 13.4. The van der Waals surface area contributed by atoms with Crippen LogP contribution in [0.1, 0.15) is 6.42 Å². The zero-order valence-corrected chi connectivity index (χ0v) is 9.31. The predicted molar refractivity (Wildman–Crippen MR) is 56.1 cm³/mol. The second kappa shape index (κ2) is 8.46. The summed E-state index contributed by atoms with van der Waals surface area (Å²) in [5, 5.41) is 11.2. The molecule has 0 aromatic carbocycles. The fourth-order valence-corrected chi connectivity index (χ4v) is 1.31. The Hall–Kier alpha value is -0.690. The van der Waals surface area contributed by atoms with E-state index in [9.17, 15) is 4.79 Å². The number of amides is 1. The van der Waals surface area contributed by atoms with Crippen LogP contribution in [0.5, 0.6) is 0 Å². The molecule has 1 amide bonds. The van der Waals surface area contributed by atoms with Crippen molar-refractivity contribution in [3.63, 3.8) is 0 Å². The van der Waals surface area contributed by atoms with Gasteiger partial charge in [0, 0.05) is 13.2 Å². The highest BCUT2D eigenvalue weighted by Gasteiger charge is 2.21. The third kappa shape index (κ3) is 5.41. The lowest BCUT2D eigenvalue weighted by atomic mass is 10.3. The maximum Gasteiger partial charge on any atom is 0.251 e. The van der Waals surface area contributed by atoms with Gasteiger partial charge in [0.2, 0.25) is 0 Å². The minimum absolute atomic E-state index is 0.0274. The summed E-state index contributed by atoms with van der Waals surface area (Å²) in [5.74, 6) is -0.137. The molecule has 1 fully saturated rings. The number of rotatable bonds is 7. The van der Waals surface area contributed by atoms with Crippen molar-refractivity contribution in [2.75, 3.05) is 46.2 Å². The summed E-state index contributed by atoms with van der Waals surface area (Å²) in [7, 11) is 0. The monoisotopic (exact) mass is 233 g/mol. The normalized spacial score (nSPS) is 20.7. The van der Waals surface area contributed by atoms with Crippen molar-refractivity contribution in [1.82, 2.24) is 5.32 Å². The van der Waals surface area contributed by atoms with Gasteiger partial charge >= 0.3 is 0 Å².